The van der Waals surface area contributed by atoms with E-state index in [-0.39, 0.29) is 18.4 Å². The number of hydrogen-bond donors (Lipinski definition) is 4. The van der Waals surface area contributed by atoms with Crippen LogP contribution in [-0.2, 0) is 38.6 Å². The minimum Gasteiger partial charge on any atom is -0.444 e. The smallest absolute Gasteiger partial charge is 0.408 e. The predicted octanol–water partition coefficient (Wildman–Crippen LogP) is 3.19. The van der Waals surface area contributed by atoms with Crippen molar-refractivity contribution in [2.24, 2.45) is 0 Å². The Morgan fingerprint density at radius 1 is 0.800 bits per heavy atom. The number of nitrogens with one attached hydrogen (secondary N) is 4. The lowest BCUT2D eigenvalue weighted by Crippen LogP contribution is -2.52. The summed E-state index contributed by atoms with van der Waals surface area (Å²) in [7, 11) is 0. The summed E-state index contributed by atoms with van der Waals surface area (Å²) in [6.07, 6.45) is 3.31. The predicted molar refractivity (Wildman–Crippen MR) is 171 cm³/mol. The third kappa shape index (κ3) is 13.1. The fourth-order valence-corrected chi connectivity index (χ4v) is 4.20. The van der Waals surface area contributed by atoms with Gasteiger partial charge in [0.2, 0.25) is 17.7 Å². The van der Waals surface area contributed by atoms with Crippen LogP contribution in [0.3, 0.4) is 0 Å². The average Bonchev–Trinajstić information content (AvgIpc) is 2.98. The Kier molecular flexibility index (Phi) is 13.0. The monoisotopic (exact) mass is 617 g/mol. The lowest BCUT2D eigenvalue weighted by atomic mass is 10.1. The molecule has 0 aliphatic heterocycles. The molecule has 2 atom stereocenters. The second kappa shape index (κ2) is 16.9. The molecule has 0 radical (unpaired) electrons. The molecule has 4 amide bonds. The summed E-state index contributed by atoms with van der Waals surface area (Å²) in [5.74, 6) is -1.01. The minimum atomic E-state index is -0.876. The number of aromatic nitrogens is 2. The summed E-state index contributed by atoms with van der Waals surface area (Å²) in [4.78, 5) is 60.5. The highest BCUT2D eigenvalue weighted by Crippen LogP contribution is 2.12. The van der Waals surface area contributed by atoms with Gasteiger partial charge in [-0.1, -0.05) is 24.3 Å². The molecule has 0 aliphatic carbocycles. The first-order valence-electron chi connectivity index (χ1n) is 14.9. The van der Waals surface area contributed by atoms with Crippen LogP contribution in [-0.4, -0.2) is 69.5 Å². The Bertz CT molecular complexity index is 1350. The molecule has 240 valence electrons. The van der Waals surface area contributed by atoms with Crippen molar-refractivity contribution in [3.63, 3.8) is 0 Å². The normalized spacial score (nSPS) is 12.5. The molecule has 2 unspecified atom stereocenters. The molecule has 45 heavy (non-hydrogen) atoms. The van der Waals surface area contributed by atoms with Gasteiger partial charge in [0, 0.05) is 37.7 Å². The quantitative estimate of drug-likeness (QED) is 0.215. The number of carbonyl (C=O) groups is 4. The average molecular weight is 618 g/mol. The minimum absolute atomic E-state index is 0.158. The van der Waals surface area contributed by atoms with Crippen LogP contribution < -0.4 is 21.3 Å². The third-order valence-corrected chi connectivity index (χ3v) is 6.42. The Morgan fingerprint density at radius 3 is 1.91 bits per heavy atom. The number of alkyl carbamates (subject to hydrolysis) is 1. The number of hydrogen-bond acceptors (Lipinski definition) is 8. The highest BCUT2D eigenvalue weighted by atomic mass is 16.6. The van der Waals surface area contributed by atoms with Gasteiger partial charge in [-0.25, -0.2) is 4.79 Å². The molecule has 0 saturated heterocycles. The van der Waals surface area contributed by atoms with Crippen LogP contribution in [0.2, 0.25) is 0 Å². The zero-order chi connectivity index (χ0) is 32.8. The van der Waals surface area contributed by atoms with Crippen LogP contribution >= 0.6 is 0 Å². The number of benzene rings is 1. The molecule has 2 heterocycles. The van der Waals surface area contributed by atoms with Crippen LogP contribution in [0.1, 0.15) is 51.6 Å². The number of nitrogens with zero attached hydrogens (tertiary/aromatic N) is 3. The standard InChI is InChI=1S/C33H43N7O5/c1-23(37-31(43)24(2)38-32(44)45-33(3,4)5)30(42)36-19-16-25-12-14-26(15-13-25)39-29(41)22-40(20-27-10-6-8-17-34-27)21-28-11-7-9-18-35-28/h6-15,17-18,23-24H,16,19-22H2,1-5H3,(H,36,42)(H,37,43)(H,38,44)(H,39,41). The highest BCUT2D eigenvalue weighted by Gasteiger charge is 2.23. The number of amides is 4. The Hall–Kier alpha value is -4.84. The maximum Gasteiger partial charge on any atom is 0.408 e. The van der Waals surface area contributed by atoms with Gasteiger partial charge in [-0.05, 0) is 83.0 Å². The Labute approximate surface area is 264 Å². The first kappa shape index (κ1) is 34.6. The first-order chi connectivity index (χ1) is 21.4. The van der Waals surface area contributed by atoms with Crippen LogP contribution in [0.15, 0.2) is 73.1 Å². The molecule has 0 bridgehead atoms. The van der Waals surface area contributed by atoms with Crippen molar-refractivity contribution in [2.45, 2.75) is 71.8 Å². The summed E-state index contributed by atoms with van der Waals surface area (Å²) in [6, 6.07) is 17.1. The van der Waals surface area contributed by atoms with Crippen molar-refractivity contribution < 1.29 is 23.9 Å². The van der Waals surface area contributed by atoms with Gasteiger partial charge in [0.1, 0.15) is 17.7 Å². The van der Waals surface area contributed by atoms with Gasteiger partial charge in [0.25, 0.3) is 0 Å². The summed E-state index contributed by atoms with van der Waals surface area (Å²) >= 11 is 0. The van der Waals surface area contributed by atoms with Crippen molar-refractivity contribution in [1.29, 1.82) is 0 Å². The molecule has 0 aliphatic rings. The zero-order valence-corrected chi connectivity index (χ0v) is 26.5. The van der Waals surface area contributed by atoms with Crippen LogP contribution in [0.25, 0.3) is 0 Å². The van der Waals surface area contributed by atoms with E-state index < -0.39 is 29.7 Å². The van der Waals surface area contributed by atoms with Gasteiger partial charge in [-0.15, -0.1) is 0 Å². The number of ether oxygens (including phenoxy) is 1. The van der Waals surface area contributed by atoms with E-state index in [0.29, 0.717) is 31.7 Å². The van der Waals surface area contributed by atoms with Gasteiger partial charge in [0.15, 0.2) is 0 Å². The molecule has 0 spiro atoms. The molecule has 0 fully saturated rings. The number of carbonyl (C=O) groups excluding carboxylic acids is 4. The third-order valence-electron chi connectivity index (χ3n) is 6.42. The molecule has 4 N–H and O–H groups in total. The molecule has 2 aromatic heterocycles. The lowest BCUT2D eigenvalue weighted by Gasteiger charge is -2.22. The molecule has 0 saturated carbocycles. The fraction of sp³-hybridized carbons (Fsp3) is 0.394. The maximum absolute atomic E-state index is 12.9. The van der Waals surface area contributed by atoms with Crippen molar-refractivity contribution >= 4 is 29.5 Å². The molecule has 1 aromatic carbocycles. The number of anilines is 1. The van der Waals surface area contributed by atoms with E-state index in [1.165, 1.54) is 6.92 Å². The van der Waals surface area contributed by atoms with Crippen LogP contribution in [0, 0.1) is 0 Å². The molecule has 3 aromatic rings. The van der Waals surface area contributed by atoms with Gasteiger partial charge in [-0.3, -0.25) is 29.3 Å². The summed E-state index contributed by atoms with van der Waals surface area (Å²) in [5.41, 5.74) is 2.66. The molecular weight excluding hydrogens is 574 g/mol. The van der Waals surface area contributed by atoms with Gasteiger partial charge < -0.3 is 26.0 Å². The Morgan fingerprint density at radius 2 is 1.38 bits per heavy atom. The van der Waals surface area contributed by atoms with Gasteiger partial charge in [0.05, 0.1) is 17.9 Å². The van der Waals surface area contributed by atoms with E-state index in [4.69, 9.17) is 4.74 Å². The summed E-state index contributed by atoms with van der Waals surface area (Å²) in [6.45, 7) is 9.76. The lowest BCUT2D eigenvalue weighted by molar-refractivity contribution is -0.129. The second-order valence-corrected chi connectivity index (χ2v) is 11.7. The number of pyridine rings is 2. The highest BCUT2D eigenvalue weighted by molar-refractivity contribution is 5.92. The van der Waals surface area contributed by atoms with E-state index in [0.717, 1.165) is 17.0 Å². The SMILES string of the molecule is CC(NC(=O)OC(C)(C)C)C(=O)NC(C)C(=O)NCCc1ccc(NC(=O)CN(Cc2ccccn2)Cc2ccccn2)cc1. The maximum atomic E-state index is 12.9. The van der Waals surface area contributed by atoms with Crippen molar-refractivity contribution in [2.75, 3.05) is 18.4 Å². The summed E-state index contributed by atoms with van der Waals surface area (Å²) < 4.78 is 5.15. The van der Waals surface area contributed by atoms with E-state index in [1.54, 1.807) is 40.1 Å². The van der Waals surface area contributed by atoms with Crippen LogP contribution in [0.5, 0.6) is 0 Å². The Balaban J connectivity index is 1.42. The van der Waals surface area contributed by atoms with Crippen LogP contribution in [0.4, 0.5) is 10.5 Å². The van der Waals surface area contributed by atoms with Crippen molar-refractivity contribution in [3.8, 4) is 0 Å². The van der Waals surface area contributed by atoms with Gasteiger partial charge in [-0.2, -0.15) is 0 Å². The van der Waals surface area contributed by atoms with Crippen molar-refractivity contribution in [3.05, 3.63) is 90.0 Å². The zero-order valence-electron chi connectivity index (χ0n) is 26.5. The first-order valence-corrected chi connectivity index (χ1v) is 14.9. The number of rotatable bonds is 14. The van der Waals surface area contributed by atoms with Crippen molar-refractivity contribution in [1.82, 2.24) is 30.8 Å². The molecule has 12 heteroatoms. The van der Waals surface area contributed by atoms with E-state index in [1.807, 2.05) is 65.6 Å². The fourth-order valence-electron chi connectivity index (χ4n) is 4.20. The molecule has 3 rings (SSSR count). The molecule has 12 nitrogen and oxygen atoms in total. The molecular formula is C33H43N7O5. The van der Waals surface area contributed by atoms with E-state index >= 15 is 0 Å². The summed E-state index contributed by atoms with van der Waals surface area (Å²) in [5, 5.41) is 10.8. The topological polar surface area (TPSA) is 155 Å². The largest absolute Gasteiger partial charge is 0.444 e. The van der Waals surface area contributed by atoms with E-state index in [9.17, 15) is 19.2 Å². The van der Waals surface area contributed by atoms with Gasteiger partial charge >= 0.3 is 6.09 Å². The second-order valence-electron chi connectivity index (χ2n) is 11.7. The van der Waals surface area contributed by atoms with E-state index in [2.05, 4.69) is 31.2 Å².